The molecule has 1 fully saturated rings. The Morgan fingerprint density at radius 2 is 1.84 bits per heavy atom. The number of rotatable bonds is 3. The van der Waals surface area contributed by atoms with Crippen molar-refractivity contribution in [2.75, 3.05) is 19.6 Å². The molecule has 1 aliphatic rings. The van der Waals surface area contributed by atoms with Crippen LogP contribution in [0.4, 0.5) is 4.79 Å². The minimum absolute atomic E-state index is 0.171. The zero-order valence-corrected chi connectivity index (χ0v) is 16.1. The lowest BCUT2D eigenvalue weighted by atomic mass is 10.0. The fourth-order valence-electron chi connectivity index (χ4n) is 3.24. The highest BCUT2D eigenvalue weighted by Gasteiger charge is 2.34. The van der Waals surface area contributed by atoms with Gasteiger partial charge in [-0.1, -0.05) is 44.2 Å². The van der Waals surface area contributed by atoms with Crippen molar-refractivity contribution in [2.24, 2.45) is 5.92 Å². The Labute approximate surface area is 151 Å². The third kappa shape index (κ3) is 6.01. The van der Waals surface area contributed by atoms with E-state index in [2.05, 4.69) is 30.9 Å². The Balaban J connectivity index is 2.16. The van der Waals surface area contributed by atoms with Gasteiger partial charge >= 0.3 is 6.09 Å². The van der Waals surface area contributed by atoms with E-state index in [-0.39, 0.29) is 12.1 Å². The van der Waals surface area contributed by atoms with E-state index in [1.807, 2.05) is 39.0 Å². The topological polar surface area (TPSA) is 53.0 Å². The Morgan fingerprint density at radius 1 is 1.20 bits per heavy atom. The summed E-state index contributed by atoms with van der Waals surface area (Å²) in [7, 11) is 0. The van der Waals surface area contributed by atoms with Gasteiger partial charge in [0.05, 0.1) is 12.6 Å². The van der Waals surface area contributed by atoms with E-state index in [4.69, 9.17) is 4.74 Å². The number of amides is 1. The van der Waals surface area contributed by atoms with Crippen LogP contribution >= 0.6 is 0 Å². The molecule has 1 amide bonds. The van der Waals surface area contributed by atoms with Gasteiger partial charge in [-0.15, -0.1) is 0 Å². The van der Waals surface area contributed by atoms with Gasteiger partial charge in [-0.2, -0.15) is 0 Å². The second-order valence-electron chi connectivity index (χ2n) is 8.27. The predicted molar refractivity (Wildman–Crippen MR) is 99.3 cm³/mol. The minimum atomic E-state index is -0.583. The molecule has 5 heteroatoms. The zero-order chi connectivity index (χ0) is 18.6. The van der Waals surface area contributed by atoms with Crippen LogP contribution < -0.4 is 0 Å². The van der Waals surface area contributed by atoms with Gasteiger partial charge in [-0.25, -0.2) is 4.79 Å². The predicted octanol–water partition coefficient (Wildman–Crippen LogP) is 3.12. The van der Waals surface area contributed by atoms with Crippen molar-refractivity contribution < 1.29 is 14.6 Å². The van der Waals surface area contributed by atoms with Crippen LogP contribution in [0, 0.1) is 5.92 Å². The standard InChI is InChI=1S/C20H32N2O3/c1-15(2)18-14-22(19(24)25-20(3,4)5)13-17(23)12-21(18)11-16-9-7-6-8-10-16/h6-10,15,17-18,23H,11-14H2,1-5H3/t17-,18+/m0/s1. The van der Waals surface area contributed by atoms with Crippen molar-refractivity contribution in [2.45, 2.75) is 58.9 Å². The first kappa shape index (κ1) is 19.7. The molecule has 2 atom stereocenters. The Morgan fingerprint density at radius 3 is 2.40 bits per heavy atom. The van der Waals surface area contributed by atoms with Gasteiger partial charge < -0.3 is 14.7 Å². The molecule has 25 heavy (non-hydrogen) atoms. The summed E-state index contributed by atoms with van der Waals surface area (Å²) in [6, 6.07) is 10.4. The summed E-state index contributed by atoms with van der Waals surface area (Å²) < 4.78 is 5.52. The number of nitrogens with zero attached hydrogens (tertiary/aromatic N) is 2. The number of hydrogen-bond donors (Lipinski definition) is 1. The van der Waals surface area contributed by atoms with E-state index >= 15 is 0 Å². The van der Waals surface area contributed by atoms with Crippen LogP contribution in [0.15, 0.2) is 30.3 Å². The maximum absolute atomic E-state index is 12.5. The van der Waals surface area contributed by atoms with Crippen molar-refractivity contribution in [1.29, 1.82) is 0 Å². The third-order valence-corrected chi connectivity index (χ3v) is 4.40. The second kappa shape index (κ2) is 8.19. The molecule has 2 rings (SSSR count). The van der Waals surface area contributed by atoms with Gasteiger partial charge in [0.2, 0.25) is 0 Å². The molecule has 1 aromatic carbocycles. The first-order valence-electron chi connectivity index (χ1n) is 9.09. The molecule has 0 radical (unpaired) electrons. The maximum Gasteiger partial charge on any atom is 0.410 e. The van der Waals surface area contributed by atoms with E-state index in [0.29, 0.717) is 25.6 Å². The number of β-amino-alcohol motifs (C(OH)–C–C–N with tert-alkyl or cyclic N) is 1. The highest BCUT2D eigenvalue weighted by molar-refractivity contribution is 5.68. The van der Waals surface area contributed by atoms with Crippen molar-refractivity contribution in [3.05, 3.63) is 35.9 Å². The molecule has 1 heterocycles. The maximum atomic E-state index is 12.5. The number of hydrogen-bond acceptors (Lipinski definition) is 4. The van der Waals surface area contributed by atoms with Crippen LogP contribution in [0.3, 0.4) is 0 Å². The van der Waals surface area contributed by atoms with Crippen LogP contribution in [0.5, 0.6) is 0 Å². The van der Waals surface area contributed by atoms with Gasteiger partial charge in [0.15, 0.2) is 0 Å². The normalized spacial score (nSPS) is 22.8. The van der Waals surface area contributed by atoms with Crippen molar-refractivity contribution >= 4 is 6.09 Å². The highest BCUT2D eigenvalue weighted by Crippen LogP contribution is 2.21. The lowest BCUT2D eigenvalue weighted by molar-refractivity contribution is 0.0167. The summed E-state index contributed by atoms with van der Waals surface area (Å²) in [4.78, 5) is 16.5. The first-order chi connectivity index (χ1) is 11.7. The smallest absolute Gasteiger partial charge is 0.410 e. The summed E-state index contributed by atoms with van der Waals surface area (Å²) in [6.45, 7) is 12.1. The molecule has 0 saturated carbocycles. The molecule has 0 aliphatic carbocycles. The van der Waals surface area contributed by atoms with E-state index in [1.54, 1.807) is 4.90 Å². The molecule has 140 valence electrons. The molecule has 5 nitrogen and oxygen atoms in total. The van der Waals surface area contributed by atoms with Gasteiger partial charge in [-0.05, 0) is 32.3 Å². The summed E-state index contributed by atoms with van der Waals surface area (Å²) in [5, 5.41) is 10.5. The fraction of sp³-hybridized carbons (Fsp3) is 0.650. The molecule has 0 spiro atoms. The molecule has 0 bridgehead atoms. The fourth-order valence-corrected chi connectivity index (χ4v) is 3.24. The molecule has 1 saturated heterocycles. The van der Waals surface area contributed by atoms with Crippen molar-refractivity contribution in [3.63, 3.8) is 0 Å². The number of carbonyl (C=O) groups is 1. The lowest BCUT2D eigenvalue weighted by Crippen LogP contribution is -2.46. The average molecular weight is 348 g/mol. The van der Waals surface area contributed by atoms with Gasteiger partial charge in [0, 0.05) is 25.7 Å². The minimum Gasteiger partial charge on any atom is -0.444 e. The SMILES string of the molecule is CC(C)[C@H]1CN(C(=O)OC(C)(C)C)C[C@@H](O)CN1Cc1ccccc1. The van der Waals surface area contributed by atoms with Crippen molar-refractivity contribution in [1.82, 2.24) is 9.80 Å². The largest absolute Gasteiger partial charge is 0.444 e. The lowest BCUT2D eigenvalue weighted by Gasteiger charge is -2.35. The van der Waals surface area contributed by atoms with Crippen LogP contribution in [-0.2, 0) is 11.3 Å². The van der Waals surface area contributed by atoms with E-state index in [1.165, 1.54) is 5.56 Å². The molecular formula is C20H32N2O3. The molecular weight excluding hydrogens is 316 g/mol. The molecule has 1 N–H and O–H groups in total. The first-order valence-corrected chi connectivity index (χ1v) is 9.09. The number of carbonyl (C=O) groups excluding carboxylic acids is 1. The monoisotopic (exact) mass is 348 g/mol. The summed E-state index contributed by atoms with van der Waals surface area (Å²) in [6.07, 6.45) is -0.932. The Hall–Kier alpha value is -1.59. The molecule has 0 unspecified atom stereocenters. The number of ether oxygens (including phenoxy) is 1. The van der Waals surface area contributed by atoms with Crippen LogP contribution in [-0.4, -0.2) is 58.4 Å². The summed E-state index contributed by atoms with van der Waals surface area (Å²) >= 11 is 0. The van der Waals surface area contributed by atoms with Gasteiger partial charge in [-0.3, -0.25) is 4.90 Å². The van der Waals surface area contributed by atoms with E-state index in [0.717, 1.165) is 6.54 Å². The van der Waals surface area contributed by atoms with Gasteiger partial charge in [0.25, 0.3) is 0 Å². The van der Waals surface area contributed by atoms with Crippen LogP contribution in [0.2, 0.25) is 0 Å². The van der Waals surface area contributed by atoms with Crippen molar-refractivity contribution in [3.8, 4) is 0 Å². The number of aliphatic hydroxyl groups is 1. The average Bonchev–Trinajstić information content (AvgIpc) is 2.65. The Bertz CT molecular complexity index is 554. The number of benzene rings is 1. The third-order valence-electron chi connectivity index (χ3n) is 4.40. The van der Waals surface area contributed by atoms with Crippen LogP contribution in [0.1, 0.15) is 40.2 Å². The summed E-state index contributed by atoms with van der Waals surface area (Å²) in [5.74, 6) is 0.360. The van der Waals surface area contributed by atoms with E-state index < -0.39 is 11.7 Å². The molecule has 1 aromatic rings. The highest BCUT2D eigenvalue weighted by atomic mass is 16.6. The quantitative estimate of drug-likeness (QED) is 0.912. The number of aliphatic hydroxyl groups excluding tert-OH is 1. The van der Waals surface area contributed by atoms with Gasteiger partial charge in [0.1, 0.15) is 5.60 Å². The zero-order valence-electron chi connectivity index (χ0n) is 16.1. The second-order valence-corrected chi connectivity index (χ2v) is 8.27. The molecule has 1 aliphatic heterocycles. The van der Waals surface area contributed by atoms with E-state index in [9.17, 15) is 9.90 Å². The molecule has 0 aromatic heterocycles. The summed E-state index contributed by atoms with van der Waals surface area (Å²) in [5.41, 5.74) is 0.678. The Kier molecular flexibility index (Phi) is 6.47. The van der Waals surface area contributed by atoms with Crippen LogP contribution in [0.25, 0.3) is 0 Å².